The Morgan fingerprint density at radius 1 is 1.50 bits per heavy atom. The molecule has 3 heterocycles. The van der Waals surface area contributed by atoms with Gasteiger partial charge in [-0.1, -0.05) is 6.07 Å². The maximum atomic E-state index is 10.2. The first-order chi connectivity index (χ1) is 8.74. The zero-order chi connectivity index (χ0) is 12.5. The zero-order valence-electron chi connectivity index (χ0n) is 9.95. The fourth-order valence-corrected chi connectivity index (χ4v) is 2.75. The second kappa shape index (κ2) is 4.51. The number of aromatic nitrogens is 3. The van der Waals surface area contributed by atoms with E-state index in [4.69, 9.17) is 0 Å². The Hall–Kier alpha value is -1.72. The second-order valence-electron chi connectivity index (χ2n) is 4.22. The molecule has 0 fully saturated rings. The molecule has 0 radical (unpaired) electrons. The lowest BCUT2D eigenvalue weighted by Gasteiger charge is -2.11. The molecule has 0 saturated heterocycles. The summed E-state index contributed by atoms with van der Waals surface area (Å²) in [5, 5.41) is 12.2. The Kier molecular flexibility index (Phi) is 2.85. The summed E-state index contributed by atoms with van der Waals surface area (Å²) in [4.78, 5) is 9.62. The van der Waals surface area contributed by atoms with Crippen molar-refractivity contribution < 1.29 is 5.11 Å². The lowest BCUT2D eigenvalue weighted by molar-refractivity contribution is 0.176. The van der Waals surface area contributed by atoms with Crippen LogP contribution in [-0.2, 0) is 6.42 Å². The van der Waals surface area contributed by atoms with Crippen LogP contribution in [0.1, 0.15) is 23.1 Å². The average Bonchev–Trinajstić information content (AvgIpc) is 2.90. The molecule has 0 spiro atoms. The summed E-state index contributed by atoms with van der Waals surface area (Å²) in [6, 6.07) is 3.75. The molecule has 0 aromatic carbocycles. The van der Waals surface area contributed by atoms with Gasteiger partial charge in [-0.15, -0.1) is 11.3 Å². The van der Waals surface area contributed by atoms with Gasteiger partial charge in [0.15, 0.2) is 4.96 Å². The van der Waals surface area contributed by atoms with Gasteiger partial charge < -0.3 is 5.11 Å². The largest absolute Gasteiger partial charge is 0.388 e. The van der Waals surface area contributed by atoms with Gasteiger partial charge in [0.25, 0.3) is 0 Å². The summed E-state index contributed by atoms with van der Waals surface area (Å²) in [6.07, 6.45) is 5.63. The van der Waals surface area contributed by atoms with Crippen molar-refractivity contribution in [2.24, 2.45) is 0 Å². The van der Waals surface area contributed by atoms with Crippen molar-refractivity contribution in [1.29, 1.82) is 0 Å². The van der Waals surface area contributed by atoms with Crippen LogP contribution in [0, 0.1) is 6.92 Å². The Morgan fingerprint density at radius 2 is 2.39 bits per heavy atom. The predicted octanol–water partition coefficient (Wildman–Crippen LogP) is 2.38. The molecule has 1 atom stereocenters. The fourth-order valence-electron chi connectivity index (χ4n) is 2.03. The lowest BCUT2D eigenvalue weighted by Crippen LogP contribution is -2.05. The maximum Gasteiger partial charge on any atom is 0.193 e. The predicted molar refractivity (Wildman–Crippen MR) is 70.7 cm³/mol. The lowest BCUT2D eigenvalue weighted by atomic mass is 10.0. The van der Waals surface area contributed by atoms with Gasteiger partial charge in [0.1, 0.15) is 0 Å². The monoisotopic (exact) mass is 259 g/mol. The topological polar surface area (TPSA) is 50.4 Å². The molecule has 0 aliphatic rings. The first-order valence-corrected chi connectivity index (χ1v) is 6.62. The van der Waals surface area contributed by atoms with Crippen molar-refractivity contribution >= 4 is 16.3 Å². The number of rotatable bonds is 3. The summed E-state index contributed by atoms with van der Waals surface area (Å²) in [5.74, 6) is 0. The third-order valence-electron chi connectivity index (χ3n) is 2.95. The van der Waals surface area contributed by atoms with Crippen LogP contribution in [0.15, 0.2) is 36.1 Å². The Morgan fingerprint density at radius 3 is 3.17 bits per heavy atom. The van der Waals surface area contributed by atoms with Crippen molar-refractivity contribution in [3.8, 4) is 0 Å². The molecular weight excluding hydrogens is 246 g/mol. The van der Waals surface area contributed by atoms with Gasteiger partial charge in [0.05, 0.1) is 11.8 Å². The molecule has 3 aromatic heterocycles. The molecule has 4 nitrogen and oxygen atoms in total. The normalized spacial score (nSPS) is 13.0. The van der Waals surface area contributed by atoms with Gasteiger partial charge in [-0.2, -0.15) is 0 Å². The molecule has 3 aromatic rings. The van der Waals surface area contributed by atoms with E-state index in [0.29, 0.717) is 6.42 Å². The van der Waals surface area contributed by atoms with E-state index in [0.717, 1.165) is 21.9 Å². The second-order valence-corrected chi connectivity index (χ2v) is 5.10. The van der Waals surface area contributed by atoms with Crippen molar-refractivity contribution in [3.63, 3.8) is 0 Å². The molecule has 0 saturated carbocycles. The number of hydrogen-bond acceptors (Lipinski definition) is 4. The van der Waals surface area contributed by atoms with E-state index >= 15 is 0 Å². The highest BCUT2D eigenvalue weighted by molar-refractivity contribution is 7.15. The molecule has 0 amide bonds. The molecule has 18 heavy (non-hydrogen) atoms. The van der Waals surface area contributed by atoms with E-state index in [9.17, 15) is 5.11 Å². The third-order valence-corrected chi connectivity index (χ3v) is 3.72. The van der Waals surface area contributed by atoms with E-state index in [1.54, 1.807) is 17.5 Å². The maximum absolute atomic E-state index is 10.2. The highest BCUT2D eigenvalue weighted by atomic mass is 32.1. The van der Waals surface area contributed by atoms with Crippen molar-refractivity contribution in [2.75, 3.05) is 0 Å². The Bertz CT molecular complexity index is 645. The summed E-state index contributed by atoms with van der Waals surface area (Å²) in [7, 11) is 0. The zero-order valence-corrected chi connectivity index (χ0v) is 10.8. The highest BCUT2D eigenvalue weighted by Gasteiger charge is 2.13. The van der Waals surface area contributed by atoms with E-state index in [1.807, 2.05) is 41.2 Å². The van der Waals surface area contributed by atoms with Crippen LogP contribution in [-0.4, -0.2) is 19.5 Å². The minimum absolute atomic E-state index is 0.515. The first-order valence-electron chi connectivity index (χ1n) is 5.74. The van der Waals surface area contributed by atoms with E-state index in [2.05, 4.69) is 9.97 Å². The number of fused-ring (bicyclic) bond motifs is 1. The van der Waals surface area contributed by atoms with Crippen LogP contribution in [0.2, 0.25) is 0 Å². The summed E-state index contributed by atoms with van der Waals surface area (Å²) in [5.41, 5.74) is 2.64. The van der Waals surface area contributed by atoms with Crippen LogP contribution in [0.4, 0.5) is 0 Å². The minimum atomic E-state index is -0.552. The van der Waals surface area contributed by atoms with E-state index in [1.165, 1.54) is 0 Å². The van der Waals surface area contributed by atoms with Gasteiger partial charge >= 0.3 is 0 Å². The van der Waals surface area contributed by atoms with Crippen LogP contribution in [0.25, 0.3) is 4.96 Å². The van der Waals surface area contributed by atoms with Gasteiger partial charge in [-0.25, -0.2) is 4.98 Å². The van der Waals surface area contributed by atoms with Crippen molar-refractivity contribution in [1.82, 2.24) is 14.4 Å². The minimum Gasteiger partial charge on any atom is -0.388 e. The molecule has 1 N–H and O–H groups in total. The van der Waals surface area contributed by atoms with E-state index < -0.39 is 6.10 Å². The van der Waals surface area contributed by atoms with Crippen LogP contribution in [0.3, 0.4) is 0 Å². The summed E-state index contributed by atoms with van der Waals surface area (Å²) < 4.78 is 1.98. The quantitative estimate of drug-likeness (QED) is 0.785. The number of thiazole rings is 1. The number of aliphatic hydroxyl groups excluding tert-OH is 1. The SMILES string of the molecule is Cc1ncccc1C(O)Cc1cn2ccsc2n1. The Balaban J connectivity index is 1.84. The third kappa shape index (κ3) is 2.02. The number of imidazole rings is 1. The smallest absolute Gasteiger partial charge is 0.193 e. The average molecular weight is 259 g/mol. The molecule has 1 unspecified atom stereocenters. The standard InChI is InChI=1S/C13H13N3OS/c1-9-11(3-2-4-14-9)12(17)7-10-8-16-5-6-18-13(16)15-10/h2-6,8,12,17H,7H2,1H3. The highest BCUT2D eigenvalue weighted by Crippen LogP contribution is 2.21. The Labute approximate surface area is 109 Å². The molecular formula is C13H13N3OS. The van der Waals surface area contributed by atoms with Gasteiger partial charge in [-0.05, 0) is 13.0 Å². The molecule has 0 aliphatic carbocycles. The number of aryl methyl sites for hydroxylation is 1. The van der Waals surface area contributed by atoms with Gasteiger partial charge in [-0.3, -0.25) is 9.38 Å². The van der Waals surface area contributed by atoms with Crippen LogP contribution < -0.4 is 0 Å². The number of pyridine rings is 1. The molecule has 0 bridgehead atoms. The number of hydrogen-bond donors (Lipinski definition) is 1. The first kappa shape index (κ1) is 11.4. The van der Waals surface area contributed by atoms with Crippen molar-refractivity contribution in [2.45, 2.75) is 19.4 Å². The summed E-state index contributed by atoms with van der Waals surface area (Å²) >= 11 is 1.59. The fraction of sp³-hybridized carbons (Fsp3) is 0.231. The van der Waals surface area contributed by atoms with Crippen LogP contribution in [0.5, 0.6) is 0 Å². The van der Waals surface area contributed by atoms with Gasteiger partial charge in [0.2, 0.25) is 0 Å². The van der Waals surface area contributed by atoms with E-state index in [-0.39, 0.29) is 0 Å². The molecule has 0 aliphatic heterocycles. The molecule has 3 rings (SSSR count). The molecule has 5 heteroatoms. The van der Waals surface area contributed by atoms with Gasteiger partial charge in [0, 0.05) is 41.6 Å². The van der Waals surface area contributed by atoms with Crippen LogP contribution >= 0.6 is 11.3 Å². The number of aliphatic hydroxyl groups is 1. The molecule has 92 valence electrons. The van der Waals surface area contributed by atoms with Crippen molar-refractivity contribution in [3.05, 3.63) is 53.1 Å². The summed E-state index contributed by atoms with van der Waals surface area (Å²) in [6.45, 7) is 1.91. The number of nitrogens with zero attached hydrogens (tertiary/aromatic N) is 3.